The van der Waals surface area contributed by atoms with E-state index in [1.807, 2.05) is 0 Å². The van der Waals surface area contributed by atoms with Crippen molar-refractivity contribution in [2.75, 3.05) is 18.0 Å². The fourth-order valence-corrected chi connectivity index (χ4v) is 3.07. The van der Waals surface area contributed by atoms with Crippen molar-refractivity contribution in [1.29, 1.82) is 0 Å². The van der Waals surface area contributed by atoms with E-state index in [1.165, 1.54) is 23.8 Å². The van der Waals surface area contributed by atoms with Crippen molar-refractivity contribution in [3.63, 3.8) is 0 Å². The molecule has 0 spiro atoms. The zero-order valence-electron chi connectivity index (χ0n) is 4.65. The SMILES string of the molecule is CN1CCCC[I-]1. The van der Waals surface area contributed by atoms with Crippen LogP contribution >= 0.6 is 0 Å². The Hall–Kier alpha value is 0.690. The predicted octanol–water partition coefficient (Wildman–Crippen LogP) is -2.28. The zero-order chi connectivity index (χ0) is 5.11. The van der Waals surface area contributed by atoms with Crippen LogP contribution in [0.1, 0.15) is 12.8 Å². The molecule has 0 atom stereocenters. The molecule has 1 aliphatic rings. The van der Waals surface area contributed by atoms with Gasteiger partial charge in [0.05, 0.1) is 0 Å². The molecule has 1 heterocycles. The van der Waals surface area contributed by atoms with Crippen molar-refractivity contribution in [1.82, 2.24) is 3.11 Å². The third-order valence-corrected chi connectivity index (χ3v) is 4.03. The number of halogens is 1. The van der Waals surface area contributed by atoms with E-state index in [0.717, 1.165) is 0 Å². The summed E-state index contributed by atoms with van der Waals surface area (Å²) in [6.45, 7) is 1.37. The van der Waals surface area contributed by atoms with Gasteiger partial charge in [0.1, 0.15) is 0 Å². The van der Waals surface area contributed by atoms with Crippen LogP contribution in [0.15, 0.2) is 0 Å². The first-order chi connectivity index (χ1) is 3.39. The van der Waals surface area contributed by atoms with Crippen molar-refractivity contribution >= 4 is 0 Å². The third-order valence-electron chi connectivity index (χ3n) is 1.14. The summed E-state index contributed by atoms with van der Waals surface area (Å²) < 4.78 is 4.03. The van der Waals surface area contributed by atoms with Gasteiger partial charge in [-0.2, -0.15) is 0 Å². The van der Waals surface area contributed by atoms with Crippen molar-refractivity contribution in [2.24, 2.45) is 0 Å². The molecule has 0 aliphatic carbocycles. The molecule has 0 aromatic heterocycles. The molecule has 0 bridgehead atoms. The second kappa shape index (κ2) is 2.87. The van der Waals surface area contributed by atoms with Crippen molar-refractivity contribution in [2.45, 2.75) is 12.8 Å². The molecule has 1 saturated heterocycles. The Balaban J connectivity index is 2.12. The molecule has 0 saturated carbocycles. The van der Waals surface area contributed by atoms with E-state index >= 15 is 0 Å². The Kier molecular flexibility index (Phi) is 2.38. The number of hydrogen-bond donors (Lipinski definition) is 0. The van der Waals surface area contributed by atoms with Crippen LogP contribution in [-0.4, -0.2) is 21.1 Å². The van der Waals surface area contributed by atoms with E-state index in [9.17, 15) is 0 Å². The van der Waals surface area contributed by atoms with Crippen LogP contribution in [-0.2, 0) is 0 Å². The summed E-state index contributed by atoms with van der Waals surface area (Å²) in [5, 5.41) is 0. The molecular formula is C5H11IN-. The monoisotopic (exact) mass is 212 g/mol. The summed E-state index contributed by atoms with van der Waals surface area (Å²) in [7, 11) is 2.24. The Bertz CT molecular complexity index is 50.0. The quantitative estimate of drug-likeness (QED) is 0.248. The molecule has 0 aromatic rings. The molecule has 44 valence electrons. The summed E-state index contributed by atoms with van der Waals surface area (Å²) in [4.78, 5) is 0. The molecular weight excluding hydrogens is 201 g/mol. The zero-order valence-corrected chi connectivity index (χ0v) is 6.81. The van der Waals surface area contributed by atoms with Crippen LogP contribution in [0.25, 0.3) is 0 Å². The molecule has 0 radical (unpaired) electrons. The third kappa shape index (κ3) is 1.95. The van der Waals surface area contributed by atoms with Gasteiger partial charge in [-0.15, -0.1) is 0 Å². The number of alkyl halides is 1. The fourth-order valence-electron chi connectivity index (χ4n) is 0.688. The number of hydrogen-bond acceptors (Lipinski definition) is 1. The van der Waals surface area contributed by atoms with E-state index in [2.05, 4.69) is 10.2 Å². The fraction of sp³-hybridized carbons (Fsp3) is 1.00. The molecule has 0 aromatic carbocycles. The minimum atomic E-state index is 0.485. The van der Waals surface area contributed by atoms with E-state index in [0.29, 0.717) is 21.5 Å². The van der Waals surface area contributed by atoms with E-state index in [-0.39, 0.29) is 0 Å². The van der Waals surface area contributed by atoms with Crippen LogP contribution in [0.3, 0.4) is 0 Å². The van der Waals surface area contributed by atoms with Crippen LogP contribution in [0.5, 0.6) is 0 Å². The Morgan fingerprint density at radius 1 is 1.43 bits per heavy atom. The van der Waals surface area contributed by atoms with Gasteiger partial charge in [-0.25, -0.2) is 0 Å². The summed E-state index contributed by atoms with van der Waals surface area (Å²) in [5.74, 6) is 0. The molecule has 2 heteroatoms. The predicted molar refractivity (Wildman–Crippen MR) is 26.7 cm³/mol. The molecule has 1 rings (SSSR count). The van der Waals surface area contributed by atoms with Gasteiger partial charge >= 0.3 is 55.5 Å². The van der Waals surface area contributed by atoms with E-state index in [1.54, 1.807) is 0 Å². The molecule has 0 amide bonds. The topological polar surface area (TPSA) is 3.24 Å². The van der Waals surface area contributed by atoms with Crippen LogP contribution in [0, 0.1) is 0 Å². The van der Waals surface area contributed by atoms with Crippen LogP contribution in [0.2, 0.25) is 0 Å². The van der Waals surface area contributed by atoms with Gasteiger partial charge in [0.25, 0.3) is 0 Å². The molecule has 1 aliphatic heterocycles. The molecule has 0 N–H and O–H groups in total. The number of rotatable bonds is 0. The van der Waals surface area contributed by atoms with Gasteiger partial charge < -0.3 is 0 Å². The van der Waals surface area contributed by atoms with Gasteiger partial charge in [0, 0.05) is 0 Å². The van der Waals surface area contributed by atoms with Crippen LogP contribution in [0.4, 0.5) is 0 Å². The first-order valence-electron chi connectivity index (χ1n) is 2.70. The van der Waals surface area contributed by atoms with Crippen molar-refractivity contribution < 1.29 is 21.5 Å². The van der Waals surface area contributed by atoms with Gasteiger partial charge in [0.2, 0.25) is 0 Å². The standard InChI is InChI=1S/C5H11IN/c1-7-5-3-2-4-6-7/h2-5H2,1H3/q-1. The second-order valence-electron chi connectivity index (χ2n) is 1.84. The summed E-state index contributed by atoms with van der Waals surface area (Å²) >= 11 is 0.485. The minimum absolute atomic E-state index is 0.485. The normalized spacial score (nSPS) is 26.4. The average molecular weight is 212 g/mol. The average Bonchev–Trinajstić information content (AvgIpc) is 1.69. The maximum absolute atomic E-state index is 2.50. The summed E-state index contributed by atoms with van der Waals surface area (Å²) in [5.41, 5.74) is 0. The Morgan fingerprint density at radius 3 is 2.57 bits per heavy atom. The first kappa shape index (κ1) is 5.82. The maximum atomic E-state index is 2.50. The Labute approximate surface area is 55.7 Å². The molecule has 7 heavy (non-hydrogen) atoms. The summed E-state index contributed by atoms with van der Waals surface area (Å²) in [6.07, 6.45) is 2.94. The van der Waals surface area contributed by atoms with Gasteiger partial charge in [-0.3, -0.25) is 0 Å². The first-order valence-corrected chi connectivity index (χ1v) is 5.19. The van der Waals surface area contributed by atoms with Gasteiger partial charge in [0.15, 0.2) is 0 Å². The van der Waals surface area contributed by atoms with E-state index < -0.39 is 0 Å². The van der Waals surface area contributed by atoms with Crippen molar-refractivity contribution in [3.05, 3.63) is 0 Å². The van der Waals surface area contributed by atoms with Crippen LogP contribution < -0.4 is 21.5 Å². The Morgan fingerprint density at radius 2 is 2.29 bits per heavy atom. The van der Waals surface area contributed by atoms with E-state index in [4.69, 9.17) is 0 Å². The summed E-state index contributed by atoms with van der Waals surface area (Å²) in [6, 6.07) is 0. The molecule has 1 fully saturated rings. The van der Waals surface area contributed by atoms with Gasteiger partial charge in [-0.1, -0.05) is 0 Å². The second-order valence-corrected chi connectivity index (χ2v) is 5.25. The van der Waals surface area contributed by atoms with Gasteiger partial charge in [-0.05, 0) is 0 Å². The molecule has 0 unspecified atom stereocenters. The molecule has 1 nitrogen and oxygen atoms in total. The number of nitrogens with zero attached hydrogens (tertiary/aromatic N) is 1. The van der Waals surface area contributed by atoms with Crippen molar-refractivity contribution in [3.8, 4) is 0 Å².